The van der Waals surface area contributed by atoms with Crippen molar-refractivity contribution in [3.63, 3.8) is 0 Å². The fourth-order valence-electron chi connectivity index (χ4n) is 2.55. The van der Waals surface area contributed by atoms with Gasteiger partial charge < -0.3 is 19.5 Å². The Morgan fingerprint density at radius 3 is 2.67 bits per heavy atom. The van der Waals surface area contributed by atoms with Crippen LogP contribution in [0.2, 0.25) is 0 Å². The van der Waals surface area contributed by atoms with E-state index in [2.05, 4.69) is 12.2 Å². The number of ether oxygens (including phenoxy) is 3. The van der Waals surface area contributed by atoms with E-state index < -0.39 is 6.10 Å². The SMILES string of the molecule is CCCCOc1ccc(CNC(=O)C(C)Oc2cccc(C)c2)cc1OC. The van der Waals surface area contributed by atoms with Crippen LogP contribution in [0.5, 0.6) is 17.2 Å². The highest BCUT2D eigenvalue weighted by Crippen LogP contribution is 2.28. The minimum atomic E-state index is -0.578. The molecule has 0 spiro atoms. The van der Waals surface area contributed by atoms with Crippen LogP contribution in [0.1, 0.15) is 37.8 Å². The Hall–Kier alpha value is -2.69. The number of benzene rings is 2. The van der Waals surface area contributed by atoms with Crippen LogP contribution in [0, 0.1) is 6.92 Å². The topological polar surface area (TPSA) is 56.8 Å². The van der Waals surface area contributed by atoms with Gasteiger partial charge in [0.15, 0.2) is 17.6 Å². The van der Waals surface area contributed by atoms with Crippen LogP contribution in [0.15, 0.2) is 42.5 Å². The number of amides is 1. The average Bonchev–Trinajstić information content (AvgIpc) is 2.66. The minimum Gasteiger partial charge on any atom is -0.493 e. The Morgan fingerprint density at radius 1 is 1.15 bits per heavy atom. The summed E-state index contributed by atoms with van der Waals surface area (Å²) in [6, 6.07) is 13.3. The standard InChI is InChI=1S/C22H29NO4/c1-5-6-12-26-20-11-10-18(14-21(20)25-4)15-23-22(24)17(3)27-19-9-7-8-16(2)13-19/h7-11,13-14,17H,5-6,12,15H2,1-4H3,(H,23,24). The van der Waals surface area contributed by atoms with Gasteiger partial charge in [-0.2, -0.15) is 0 Å². The first kappa shape index (κ1) is 20.6. The molecule has 2 aromatic rings. The second-order valence-electron chi connectivity index (χ2n) is 6.48. The van der Waals surface area contributed by atoms with Gasteiger partial charge in [-0.25, -0.2) is 0 Å². The molecule has 0 aliphatic carbocycles. The van der Waals surface area contributed by atoms with E-state index in [1.54, 1.807) is 14.0 Å². The monoisotopic (exact) mass is 371 g/mol. The Bertz CT molecular complexity index is 745. The molecule has 0 aromatic heterocycles. The van der Waals surface area contributed by atoms with Gasteiger partial charge in [-0.1, -0.05) is 31.5 Å². The molecule has 0 saturated heterocycles. The van der Waals surface area contributed by atoms with E-state index in [4.69, 9.17) is 14.2 Å². The molecule has 0 aliphatic heterocycles. The molecule has 5 heteroatoms. The highest BCUT2D eigenvalue weighted by molar-refractivity contribution is 5.80. The molecule has 0 saturated carbocycles. The summed E-state index contributed by atoms with van der Waals surface area (Å²) < 4.78 is 16.8. The third-order valence-corrected chi connectivity index (χ3v) is 4.12. The predicted octanol–water partition coefficient (Wildman–Crippen LogP) is 4.27. The van der Waals surface area contributed by atoms with Gasteiger partial charge in [0.25, 0.3) is 5.91 Å². The number of hydrogen-bond acceptors (Lipinski definition) is 4. The maximum absolute atomic E-state index is 12.3. The van der Waals surface area contributed by atoms with Crippen LogP contribution in [0.25, 0.3) is 0 Å². The fraction of sp³-hybridized carbons (Fsp3) is 0.409. The van der Waals surface area contributed by atoms with E-state index in [0.717, 1.165) is 29.7 Å². The summed E-state index contributed by atoms with van der Waals surface area (Å²) in [5.74, 6) is 1.91. The first-order chi connectivity index (χ1) is 13.0. The number of nitrogens with one attached hydrogen (secondary N) is 1. The molecule has 146 valence electrons. The quantitative estimate of drug-likeness (QED) is 0.634. The molecule has 5 nitrogen and oxygen atoms in total. The lowest BCUT2D eigenvalue weighted by molar-refractivity contribution is -0.127. The molecule has 1 amide bonds. The molecule has 1 atom stereocenters. The molecule has 2 aromatic carbocycles. The van der Waals surface area contributed by atoms with Crippen LogP contribution in [-0.4, -0.2) is 25.7 Å². The van der Waals surface area contributed by atoms with Crippen LogP contribution >= 0.6 is 0 Å². The molecule has 27 heavy (non-hydrogen) atoms. The van der Waals surface area contributed by atoms with E-state index in [1.165, 1.54) is 0 Å². The van der Waals surface area contributed by atoms with Crippen molar-refractivity contribution >= 4 is 5.91 Å². The number of unbranched alkanes of at least 4 members (excludes halogenated alkanes) is 1. The van der Waals surface area contributed by atoms with E-state index in [-0.39, 0.29) is 5.91 Å². The van der Waals surface area contributed by atoms with Gasteiger partial charge in [0.2, 0.25) is 0 Å². The molecular weight excluding hydrogens is 342 g/mol. The van der Waals surface area contributed by atoms with E-state index in [1.807, 2.05) is 49.4 Å². The number of aryl methyl sites for hydroxylation is 1. The second kappa shape index (κ2) is 10.5. The maximum Gasteiger partial charge on any atom is 0.261 e. The highest BCUT2D eigenvalue weighted by Gasteiger charge is 2.15. The van der Waals surface area contributed by atoms with Crippen molar-refractivity contribution < 1.29 is 19.0 Å². The van der Waals surface area contributed by atoms with Crippen LogP contribution in [0.4, 0.5) is 0 Å². The average molecular weight is 371 g/mol. The molecule has 0 fully saturated rings. The third-order valence-electron chi connectivity index (χ3n) is 4.12. The Labute approximate surface area is 161 Å². The zero-order valence-electron chi connectivity index (χ0n) is 16.6. The molecular formula is C22H29NO4. The zero-order chi connectivity index (χ0) is 19.6. The normalized spacial score (nSPS) is 11.6. The van der Waals surface area contributed by atoms with Crippen molar-refractivity contribution in [1.29, 1.82) is 0 Å². The Morgan fingerprint density at radius 2 is 1.96 bits per heavy atom. The minimum absolute atomic E-state index is 0.168. The van der Waals surface area contributed by atoms with E-state index >= 15 is 0 Å². The van der Waals surface area contributed by atoms with Gasteiger partial charge in [0, 0.05) is 6.54 Å². The predicted molar refractivity (Wildman–Crippen MR) is 107 cm³/mol. The van der Waals surface area contributed by atoms with E-state index in [0.29, 0.717) is 24.7 Å². The lowest BCUT2D eigenvalue weighted by atomic mass is 10.2. The smallest absolute Gasteiger partial charge is 0.261 e. The van der Waals surface area contributed by atoms with Crippen molar-refractivity contribution in [2.75, 3.05) is 13.7 Å². The van der Waals surface area contributed by atoms with Gasteiger partial charge in [-0.15, -0.1) is 0 Å². The summed E-state index contributed by atoms with van der Waals surface area (Å²) in [4.78, 5) is 12.3. The zero-order valence-corrected chi connectivity index (χ0v) is 16.6. The van der Waals surface area contributed by atoms with Gasteiger partial charge in [-0.05, 0) is 55.7 Å². The summed E-state index contributed by atoms with van der Waals surface area (Å²) in [7, 11) is 1.61. The lowest BCUT2D eigenvalue weighted by Gasteiger charge is -2.16. The van der Waals surface area contributed by atoms with Crippen LogP contribution < -0.4 is 19.5 Å². The van der Waals surface area contributed by atoms with E-state index in [9.17, 15) is 4.79 Å². The maximum atomic E-state index is 12.3. The van der Waals surface area contributed by atoms with Crippen LogP contribution in [-0.2, 0) is 11.3 Å². The fourth-order valence-corrected chi connectivity index (χ4v) is 2.55. The number of carbonyl (C=O) groups excluding carboxylic acids is 1. The molecule has 2 rings (SSSR count). The molecule has 0 aliphatic rings. The molecule has 0 heterocycles. The Balaban J connectivity index is 1.90. The number of methoxy groups -OCH3 is 1. The third kappa shape index (κ3) is 6.51. The lowest BCUT2D eigenvalue weighted by Crippen LogP contribution is -2.35. The van der Waals surface area contributed by atoms with Crippen molar-refractivity contribution in [1.82, 2.24) is 5.32 Å². The number of hydrogen-bond donors (Lipinski definition) is 1. The summed E-state index contributed by atoms with van der Waals surface area (Å²) in [5, 5.41) is 2.90. The summed E-state index contributed by atoms with van der Waals surface area (Å²) in [6.07, 6.45) is 1.50. The largest absolute Gasteiger partial charge is 0.493 e. The van der Waals surface area contributed by atoms with Gasteiger partial charge in [0.05, 0.1) is 13.7 Å². The molecule has 1 unspecified atom stereocenters. The van der Waals surface area contributed by atoms with Crippen molar-refractivity contribution in [2.24, 2.45) is 0 Å². The summed E-state index contributed by atoms with van der Waals surface area (Å²) in [5.41, 5.74) is 2.03. The van der Waals surface area contributed by atoms with Crippen LogP contribution in [0.3, 0.4) is 0 Å². The van der Waals surface area contributed by atoms with Gasteiger partial charge in [-0.3, -0.25) is 4.79 Å². The second-order valence-corrected chi connectivity index (χ2v) is 6.48. The van der Waals surface area contributed by atoms with Gasteiger partial charge >= 0.3 is 0 Å². The molecule has 0 radical (unpaired) electrons. The van der Waals surface area contributed by atoms with Crippen molar-refractivity contribution in [3.8, 4) is 17.2 Å². The highest BCUT2D eigenvalue weighted by atomic mass is 16.5. The molecule has 0 bridgehead atoms. The summed E-state index contributed by atoms with van der Waals surface area (Å²) >= 11 is 0. The van der Waals surface area contributed by atoms with Gasteiger partial charge in [0.1, 0.15) is 5.75 Å². The number of rotatable bonds is 10. The Kier molecular flexibility index (Phi) is 7.99. The first-order valence-electron chi connectivity index (χ1n) is 9.34. The summed E-state index contributed by atoms with van der Waals surface area (Å²) in [6.45, 7) is 6.91. The first-order valence-corrected chi connectivity index (χ1v) is 9.34. The van der Waals surface area contributed by atoms with Crippen molar-refractivity contribution in [2.45, 2.75) is 46.3 Å². The van der Waals surface area contributed by atoms with Crippen molar-refractivity contribution in [3.05, 3.63) is 53.6 Å². The molecule has 1 N–H and O–H groups in total. The number of carbonyl (C=O) groups is 1.